The minimum absolute atomic E-state index is 0.191. The molecule has 2 rings (SSSR count). The van der Waals surface area contributed by atoms with Crippen LogP contribution in [0.5, 0.6) is 0 Å². The summed E-state index contributed by atoms with van der Waals surface area (Å²) in [6.07, 6.45) is 3.30. The van der Waals surface area contributed by atoms with Crippen LogP contribution in [-0.2, 0) is 9.47 Å². The molecule has 0 N–H and O–H groups in total. The summed E-state index contributed by atoms with van der Waals surface area (Å²) < 4.78 is 10.6. The molecule has 3 heteroatoms. The predicted molar refractivity (Wildman–Crippen MR) is 38.9 cm³/mol. The summed E-state index contributed by atoms with van der Waals surface area (Å²) in [5.41, 5.74) is 0.991. The molecule has 0 atom stereocenters. The molecule has 1 aromatic rings. The van der Waals surface area contributed by atoms with Gasteiger partial charge < -0.3 is 9.47 Å². The normalized spacial score (nSPS) is 18.9. The molecular formula is C8H9NO2. The molecule has 11 heavy (non-hydrogen) atoms. The zero-order valence-corrected chi connectivity index (χ0v) is 6.06. The van der Waals surface area contributed by atoms with Gasteiger partial charge in [-0.3, -0.25) is 4.98 Å². The summed E-state index contributed by atoms with van der Waals surface area (Å²) >= 11 is 0. The zero-order chi connectivity index (χ0) is 7.52. The molecule has 0 bridgehead atoms. The lowest BCUT2D eigenvalue weighted by Gasteiger charge is -2.06. The maximum absolute atomic E-state index is 5.28. The monoisotopic (exact) mass is 151 g/mol. The summed E-state index contributed by atoms with van der Waals surface area (Å²) in [6.45, 7) is 1.36. The molecule has 0 aliphatic carbocycles. The van der Waals surface area contributed by atoms with Gasteiger partial charge in [-0.25, -0.2) is 0 Å². The topological polar surface area (TPSA) is 31.4 Å². The first-order valence-electron chi connectivity index (χ1n) is 3.60. The van der Waals surface area contributed by atoms with Gasteiger partial charge in [-0.15, -0.1) is 0 Å². The number of nitrogens with zero attached hydrogens (tertiary/aromatic N) is 1. The van der Waals surface area contributed by atoms with Crippen molar-refractivity contribution in [3.63, 3.8) is 0 Å². The van der Waals surface area contributed by atoms with Crippen molar-refractivity contribution >= 4 is 0 Å². The summed E-state index contributed by atoms with van der Waals surface area (Å²) in [7, 11) is 0. The van der Waals surface area contributed by atoms with E-state index in [-0.39, 0.29) is 6.29 Å². The van der Waals surface area contributed by atoms with E-state index in [2.05, 4.69) is 4.98 Å². The Morgan fingerprint density at radius 3 is 2.82 bits per heavy atom. The Hall–Kier alpha value is -0.930. The minimum atomic E-state index is -0.191. The number of rotatable bonds is 1. The second kappa shape index (κ2) is 2.98. The molecule has 0 amide bonds. The maximum Gasteiger partial charge on any atom is 0.185 e. The fourth-order valence-electron chi connectivity index (χ4n) is 1.07. The van der Waals surface area contributed by atoms with E-state index >= 15 is 0 Å². The molecule has 1 aliphatic rings. The molecule has 0 saturated carbocycles. The number of hydrogen-bond acceptors (Lipinski definition) is 3. The van der Waals surface area contributed by atoms with Gasteiger partial charge in [-0.1, -0.05) is 6.07 Å². The molecular weight excluding hydrogens is 142 g/mol. The van der Waals surface area contributed by atoms with Gasteiger partial charge in [-0.2, -0.15) is 0 Å². The molecule has 1 aromatic heterocycles. The quantitative estimate of drug-likeness (QED) is 0.602. The largest absolute Gasteiger partial charge is 0.346 e. The Morgan fingerprint density at radius 2 is 2.18 bits per heavy atom. The van der Waals surface area contributed by atoms with Gasteiger partial charge in [0.15, 0.2) is 6.29 Å². The average Bonchev–Trinajstić information content (AvgIpc) is 2.58. The average molecular weight is 151 g/mol. The highest BCUT2D eigenvalue weighted by Crippen LogP contribution is 2.21. The van der Waals surface area contributed by atoms with Gasteiger partial charge in [0.25, 0.3) is 0 Å². The lowest BCUT2D eigenvalue weighted by atomic mass is 10.3. The zero-order valence-electron chi connectivity index (χ0n) is 6.06. The Morgan fingerprint density at radius 1 is 1.36 bits per heavy atom. The van der Waals surface area contributed by atoms with Crippen LogP contribution in [0, 0.1) is 0 Å². The SMILES string of the molecule is c1cncc(C2OCCO2)c1. The number of hydrogen-bond donors (Lipinski definition) is 0. The van der Waals surface area contributed by atoms with Crippen LogP contribution in [0.25, 0.3) is 0 Å². The van der Waals surface area contributed by atoms with E-state index < -0.39 is 0 Å². The van der Waals surface area contributed by atoms with Crippen molar-refractivity contribution in [3.8, 4) is 0 Å². The van der Waals surface area contributed by atoms with Gasteiger partial charge in [0, 0.05) is 18.0 Å². The molecule has 0 spiro atoms. The smallest absolute Gasteiger partial charge is 0.185 e. The van der Waals surface area contributed by atoms with Crippen LogP contribution in [0.3, 0.4) is 0 Å². The fourth-order valence-corrected chi connectivity index (χ4v) is 1.07. The molecule has 3 nitrogen and oxygen atoms in total. The number of ether oxygens (including phenoxy) is 2. The first-order chi connectivity index (χ1) is 5.47. The molecule has 0 aromatic carbocycles. The Bertz CT molecular complexity index is 219. The molecule has 0 unspecified atom stereocenters. The third kappa shape index (κ3) is 1.39. The Kier molecular flexibility index (Phi) is 1.83. The third-order valence-electron chi connectivity index (χ3n) is 1.58. The lowest BCUT2D eigenvalue weighted by Crippen LogP contribution is -1.97. The van der Waals surface area contributed by atoms with Crippen LogP contribution in [0.15, 0.2) is 24.5 Å². The number of aromatic nitrogens is 1. The van der Waals surface area contributed by atoms with Crippen molar-refractivity contribution < 1.29 is 9.47 Å². The van der Waals surface area contributed by atoms with E-state index in [9.17, 15) is 0 Å². The highest BCUT2D eigenvalue weighted by Gasteiger charge is 2.17. The van der Waals surface area contributed by atoms with E-state index in [0.717, 1.165) is 5.56 Å². The second-order valence-electron chi connectivity index (χ2n) is 2.36. The standard InChI is InChI=1S/C8H9NO2/c1-2-7(6-9-3-1)8-10-4-5-11-8/h1-3,6,8H,4-5H2. The second-order valence-corrected chi connectivity index (χ2v) is 2.36. The molecule has 2 heterocycles. The molecule has 1 aliphatic heterocycles. The van der Waals surface area contributed by atoms with Gasteiger partial charge >= 0.3 is 0 Å². The van der Waals surface area contributed by atoms with Crippen molar-refractivity contribution in [1.82, 2.24) is 4.98 Å². The van der Waals surface area contributed by atoms with Gasteiger partial charge in [0.1, 0.15) is 0 Å². The summed E-state index contributed by atoms with van der Waals surface area (Å²) in [4.78, 5) is 3.97. The first-order valence-corrected chi connectivity index (χ1v) is 3.60. The first kappa shape index (κ1) is 6.76. The summed E-state index contributed by atoms with van der Waals surface area (Å²) in [5, 5.41) is 0. The highest BCUT2D eigenvalue weighted by molar-refractivity contribution is 5.10. The summed E-state index contributed by atoms with van der Waals surface area (Å²) in [5.74, 6) is 0. The van der Waals surface area contributed by atoms with Crippen LogP contribution in [0.4, 0.5) is 0 Å². The summed E-state index contributed by atoms with van der Waals surface area (Å²) in [6, 6.07) is 3.82. The van der Waals surface area contributed by atoms with Crippen LogP contribution in [0.1, 0.15) is 11.9 Å². The van der Waals surface area contributed by atoms with Gasteiger partial charge in [0.05, 0.1) is 13.2 Å². The molecule has 1 fully saturated rings. The van der Waals surface area contributed by atoms with Crippen molar-refractivity contribution in [2.75, 3.05) is 13.2 Å². The van der Waals surface area contributed by atoms with Gasteiger partial charge in [0.2, 0.25) is 0 Å². The highest BCUT2D eigenvalue weighted by atomic mass is 16.7. The molecule has 58 valence electrons. The maximum atomic E-state index is 5.28. The minimum Gasteiger partial charge on any atom is -0.346 e. The predicted octanol–water partition coefficient (Wildman–Crippen LogP) is 1.13. The van der Waals surface area contributed by atoms with Crippen molar-refractivity contribution in [1.29, 1.82) is 0 Å². The van der Waals surface area contributed by atoms with E-state index in [0.29, 0.717) is 13.2 Å². The van der Waals surface area contributed by atoms with Crippen LogP contribution < -0.4 is 0 Å². The van der Waals surface area contributed by atoms with Crippen molar-refractivity contribution in [2.24, 2.45) is 0 Å². The van der Waals surface area contributed by atoms with E-state index in [1.165, 1.54) is 0 Å². The van der Waals surface area contributed by atoms with Gasteiger partial charge in [-0.05, 0) is 6.07 Å². The van der Waals surface area contributed by atoms with Crippen LogP contribution in [0.2, 0.25) is 0 Å². The Balaban J connectivity index is 2.16. The Labute approximate surface area is 65.0 Å². The number of pyridine rings is 1. The molecule has 0 radical (unpaired) electrons. The third-order valence-corrected chi connectivity index (χ3v) is 1.58. The fraction of sp³-hybridized carbons (Fsp3) is 0.375. The van der Waals surface area contributed by atoms with Crippen molar-refractivity contribution in [3.05, 3.63) is 30.1 Å². The lowest BCUT2D eigenvalue weighted by molar-refractivity contribution is -0.0443. The van der Waals surface area contributed by atoms with Crippen LogP contribution in [-0.4, -0.2) is 18.2 Å². The van der Waals surface area contributed by atoms with E-state index in [1.807, 2.05) is 12.1 Å². The van der Waals surface area contributed by atoms with E-state index in [4.69, 9.17) is 9.47 Å². The van der Waals surface area contributed by atoms with Crippen LogP contribution >= 0.6 is 0 Å². The van der Waals surface area contributed by atoms with Crippen molar-refractivity contribution in [2.45, 2.75) is 6.29 Å². The molecule has 1 saturated heterocycles. The van der Waals surface area contributed by atoms with E-state index in [1.54, 1.807) is 12.4 Å².